The fraction of sp³-hybridized carbons (Fsp3) is 0.120. The maximum atomic E-state index is 12.1. The van der Waals surface area contributed by atoms with Gasteiger partial charge in [0.25, 0.3) is 15.7 Å². The van der Waals surface area contributed by atoms with E-state index in [-0.39, 0.29) is 51.2 Å². The first kappa shape index (κ1) is 31.2. The van der Waals surface area contributed by atoms with Gasteiger partial charge in [-0.25, -0.2) is 8.42 Å². The summed E-state index contributed by atoms with van der Waals surface area (Å²) in [5.41, 5.74) is 0.0847. The summed E-state index contributed by atoms with van der Waals surface area (Å²) in [6, 6.07) is 10.5. The van der Waals surface area contributed by atoms with Gasteiger partial charge in [0.1, 0.15) is 16.3 Å². The molecule has 0 spiro atoms. The van der Waals surface area contributed by atoms with Crippen LogP contribution in [0, 0.1) is 6.92 Å². The van der Waals surface area contributed by atoms with Gasteiger partial charge < -0.3 is 15.7 Å². The predicted octanol–water partition coefficient (Wildman–Crippen LogP) is 4.79. The number of aromatic hydroxyl groups is 1. The van der Waals surface area contributed by atoms with Crippen molar-refractivity contribution in [1.82, 2.24) is 19.5 Å². The lowest BCUT2D eigenvalue weighted by atomic mass is 10.2. The Bertz CT molecular complexity index is 2030. The van der Waals surface area contributed by atoms with Gasteiger partial charge in [0.15, 0.2) is 9.84 Å². The summed E-state index contributed by atoms with van der Waals surface area (Å²) in [5, 5.41) is 24.7. The molecule has 0 aliphatic heterocycles. The van der Waals surface area contributed by atoms with E-state index in [1.54, 1.807) is 6.92 Å². The number of pyridine rings is 1. The molecule has 0 atom stereocenters. The Kier molecular flexibility index (Phi) is 8.90. The molecule has 0 aliphatic carbocycles. The summed E-state index contributed by atoms with van der Waals surface area (Å²) < 4.78 is 58.7. The van der Waals surface area contributed by atoms with Crippen LogP contribution in [-0.4, -0.2) is 46.0 Å². The first-order valence-electron chi connectivity index (χ1n) is 12.1. The van der Waals surface area contributed by atoms with Crippen molar-refractivity contribution in [2.24, 2.45) is 10.2 Å². The Morgan fingerprint density at radius 3 is 2.16 bits per heavy atom. The normalized spacial score (nSPS) is 11.9. The van der Waals surface area contributed by atoms with Crippen molar-refractivity contribution in [3.05, 3.63) is 81.7 Å². The number of sulfone groups is 1. The summed E-state index contributed by atoms with van der Waals surface area (Å²) in [7, 11) is -8.36. The van der Waals surface area contributed by atoms with Crippen LogP contribution in [0.3, 0.4) is 0 Å². The Labute approximate surface area is 250 Å². The first-order chi connectivity index (χ1) is 20.2. The molecule has 4 aromatic rings. The number of aryl methyl sites for hydroxylation is 1. The molecule has 18 heteroatoms. The Morgan fingerprint density at radius 2 is 1.58 bits per heavy atom. The summed E-state index contributed by atoms with van der Waals surface area (Å²) in [5.74, 6) is -0.539. The highest BCUT2D eigenvalue weighted by Crippen LogP contribution is 2.34. The number of nitrogens with zero attached hydrogens (tertiary/aromatic N) is 6. The second-order valence-corrected chi connectivity index (χ2v) is 12.3. The van der Waals surface area contributed by atoms with Crippen LogP contribution in [0.25, 0.3) is 0 Å². The highest BCUT2D eigenvalue weighted by Gasteiger charge is 2.18. The third kappa shape index (κ3) is 7.20. The molecule has 224 valence electrons. The number of anilines is 4. The van der Waals surface area contributed by atoms with Gasteiger partial charge in [-0.3, -0.25) is 13.9 Å². The minimum Gasteiger partial charge on any atom is -0.493 e. The third-order valence-corrected chi connectivity index (χ3v) is 8.22. The van der Waals surface area contributed by atoms with Gasteiger partial charge in [-0.05, 0) is 73.5 Å². The fourth-order valence-electron chi connectivity index (χ4n) is 3.71. The van der Waals surface area contributed by atoms with Crippen molar-refractivity contribution in [2.75, 3.05) is 10.6 Å². The minimum absolute atomic E-state index is 0.00621. The summed E-state index contributed by atoms with van der Waals surface area (Å²) in [4.78, 5) is 23.7. The molecule has 4 N–H and O–H groups in total. The van der Waals surface area contributed by atoms with E-state index >= 15 is 0 Å². The number of hydrogen-bond acceptors (Lipinski definition) is 13. The molecule has 0 saturated carbocycles. The second kappa shape index (κ2) is 12.3. The zero-order chi connectivity index (χ0) is 31.5. The van der Waals surface area contributed by atoms with Crippen molar-refractivity contribution in [3.63, 3.8) is 0 Å². The van der Waals surface area contributed by atoms with Gasteiger partial charge in [0.2, 0.25) is 23.1 Å². The number of aromatic nitrogens is 4. The maximum Gasteiger partial charge on any atom is 0.296 e. The molecular formula is C25H23ClN8O7S2. The predicted molar refractivity (Wildman–Crippen MR) is 158 cm³/mol. The molecule has 0 radical (unpaired) electrons. The van der Waals surface area contributed by atoms with E-state index in [0.717, 1.165) is 16.0 Å². The average Bonchev–Trinajstić information content (AvgIpc) is 2.92. The van der Waals surface area contributed by atoms with Gasteiger partial charge in [0, 0.05) is 29.4 Å². The molecule has 4 rings (SSSR count). The molecule has 2 aromatic carbocycles. The van der Waals surface area contributed by atoms with E-state index in [0.29, 0.717) is 5.69 Å². The lowest BCUT2D eigenvalue weighted by Crippen LogP contribution is -2.18. The van der Waals surface area contributed by atoms with Crippen molar-refractivity contribution >= 4 is 66.2 Å². The van der Waals surface area contributed by atoms with Crippen molar-refractivity contribution in [3.8, 4) is 5.88 Å². The molecule has 0 unspecified atom stereocenters. The highest BCUT2D eigenvalue weighted by molar-refractivity contribution is 7.94. The van der Waals surface area contributed by atoms with Crippen LogP contribution in [0.2, 0.25) is 5.28 Å². The number of nitrogens with one attached hydrogen (secondary N) is 2. The molecule has 2 heterocycles. The van der Waals surface area contributed by atoms with Crippen LogP contribution < -0.4 is 16.2 Å². The summed E-state index contributed by atoms with van der Waals surface area (Å²) >= 11 is 6.06. The molecule has 0 saturated heterocycles. The molecule has 0 bridgehead atoms. The Morgan fingerprint density at radius 1 is 0.977 bits per heavy atom. The Hall–Kier alpha value is -4.71. The van der Waals surface area contributed by atoms with Crippen molar-refractivity contribution in [1.29, 1.82) is 0 Å². The SMILES string of the molecule is C=CS(=O)(=O)c1ccc(Nc2nc(Cl)nc(Nc3ccc(S(=O)(=O)O)c(N=Nc4c(C)cc(=O)n(CC)c4O)c3)n2)cc1. The molecular weight excluding hydrogens is 624 g/mol. The van der Waals surface area contributed by atoms with Crippen LogP contribution >= 0.6 is 11.6 Å². The molecule has 2 aromatic heterocycles. The quantitative estimate of drug-likeness (QED) is 0.135. The van der Waals surface area contributed by atoms with E-state index in [2.05, 4.69) is 42.4 Å². The van der Waals surface area contributed by atoms with Gasteiger partial charge in [-0.2, -0.15) is 23.4 Å². The standard InChI is InChI=1S/C25H23ClN8O7S2/c1-4-34-20(35)12-14(3)21(22(34)36)33-32-18-13-16(8-11-19(18)43(39,40)41)28-25-30-23(26)29-24(31-25)27-15-6-9-17(10-7-15)42(37,38)5-2/h5-13,36H,2,4H2,1,3H3,(H,39,40,41)(H2,27,28,29,30,31). The number of azo groups is 1. The first-order valence-corrected chi connectivity index (χ1v) is 15.5. The molecule has 0 fully saturated rings. The molecule has 15 nitrogen and oxygen atoms in total. The topological polar surface area (TPSA) is 218 Å². The van der Waals surface area contributed by atoms with Crippen LogP contribution in [-0.2, 0) is 26.5 Å². The molecule has 43 heavy (non-hydrogen) atoms. The van der Waals surface area contributed by atoms with E-state index in [1.165, 1.54) is 49.4 Å². The monoisotopic (exact) mass is 646 g/mol. The van der Waals surface area contributed by atoms with E-state index < -0.39 is 36.3 Å². The summed E-state index contributed by atoms with van der Waals surface area (Å²) in [6.07, 6.45) is 0. The second-order valence-electron chi connectivity index (χ2n) is 8.68. The Balaban J connectivity index is 1.66. The van der Waals surface area contributed by atoms with E-state index in [4.69, 9.17) is 11.6 Å². The number of rotatable bonds is 10. The fourth-order valence-corrected chi connectivity index (χ4v) is 5.18. The van der Waals surface area contributed by atoms with Gasteiger partial charge >= 0.3 is 0 Å². The highest BCUT2D eigenvalue weighted by atomic mass is 35.5. The van der Waals surface area contributed by atoms with E-state index in [9.17, 15) is 31.3 Å². The van der Waals surface area contributed by atoms with E-state index in [1.807, 2.05) is 0 Å². The average molecular weight is 647 g/mol. The van der Waals surface area contributed by atoms with Crippen LogP contribution in [0.15, 0.2) is 85.3 Å². The lowest BCUT2D eigenvalue weighted by Gasteiger charge is -2.11. The number of hydrogen-bond donors (Lipinski definition) is 4. The minimum atomic E-state index is -4.74. The maximum absolute atomic E-state index is 12.1. The van der Waals surface area contributed by atoms with Crippen LogP contribution in [0.4, 0.5) is 34.6 Å². The third-order valence-electron chi connectivity index (χ3n) is 5.78. The zero-order valence-corrected chi connectivity index (χ0v) is 24.8. The van der Waals surface area contributed by atoms with Gasteiger partial charge in [0.05, 0.1) is 4.90 Å². The lowest BCUT2D eigenvalue weighted by molar-refractivity contribution is 0.412. The molecule has 0 amide bonds. The van der Waals surface area contributed by atoms with Crippen molar-refractivity contribution in [2.45, 2.75) is 30.2 Å². The van der Waals surface area contributed by atoms with Crippen LogP contribution in [0.1, 0.15) is 12.5 Å². The number of halogens is 1. The summed E-state index contributed by atoms with van der Waals surface area (Å²) in [6.45, 7) is 6.60. The largest absolute Gasteiger partial charge is 0.493 e. The van der Waals surface area contributed by atoms with Gasteiger partial charge in [-0.1, -0.05) is 6.58 Å². The number of benzene rings is 2. The van der Waals surface area contributed by atoms with Gasteiger partial charge in [-0.15, -0.1) is 10.2 Å². The zero-order valence-electron chi connectivity index (χ0n) is 22.4. The van der Waals surface area contributed by atoms with Crippen LogP contribution in [0.5, 0.6) is 5.88 Å². The smallest absolute Gasteiger partial charge is 0.296 e. The van der Waals surface area contributed by atoms with Crippen molar-refractivity contribution < 1.29 is 26.5 Å². The molecule has 0 aliphatic rings.